The van der Waals surface area contributed by atoms with Gasteiger partial charge in [0.1, 0.15) is 5.82 Å². The molecule has 2 aromatic rings. The Morgan fingerprint density at radius 2 is 1.76 bits per heavy atom. The first-order valence-corrected chi connectivity index (χ1v) is 7.53. The quantitative estimate of drug-likeness (QED) is 0.664. The Labute approximate surface area is 120 Å². The maximum absolute atomic E-state index is 11.6. The van der Waals surface area contributed by atoms with E-state index in [0.717, 1.165) is 11.6 Å². The van der Waals surface area contributed by atoms with E-state index in [2.05, 4.69) is 4.98 Å². The number of benzene rings is 1. The molecule has 1 aromatic carbocycles. The molecular formula is C12H14N4O4S. The fourth-order valence-electron chi connectivity index (χ4n) is 1.86. The number of aromatic amines is 1. The normalized spacial score (nSPS) is 11.5. The molecule has 2 rings (SSSR count). The van der Waals surface area contributed by atoms with Crippen molar-refractivity contribution in [1.82, 2.24) is 9.55 Å². The van der Waals surface area contributed by atoms with Gasteiger partial charge < -0.3 is 5.73 Å². The molecular weight excluding hydrogens is 296 g/mol. The van der Waals surface area contributed by atoms with Gasteiger partial charge in [-0.2, -0.15) is 0 Å². The van der Waals surface area contributed by atoms with Gasteiger partial charge in [-0.1, -0.05) is 12.1 Å². The highest BCUT2D eigenvalue weighted by Gasteiger charge is 2.07. The van der Waals surface area contributed by atoms with Gasteiger partial charge in [0.15, 0.2) is 0 Å². The zero-order chi connectivity index (χ0) is 15.6. The summed E-state index contributed by atoms with van der Waals surface area (Å²) in [5.74, 6) is 0.0740. The van der Waals surface area contributed by atoms with Crippen LogP contribution in [0, 0.1) is 0 Å². The lowest BCUT2D eigenvalue weighted by Crippen LogP contribution is -2.31. The van der Waals surface area contributed by atoms with Gasteiger partial charge in [-0.3, -0.25) is 14.3 Å². The smallest absolute Gasteiger partial charge is 0.329 e. The van der Waals surface area contributed by atoms with Crippen LogP contribution in [0.1, 0.15) is 5.56 Å². The lowest BCUT2D eigenvalue weighted by Gasteiger charge is -2.08. The van der Waals surface area contributed by atoms with Gasteiger partial charge in [-0.15, -0.1) is 0 Å². The Bertz CT molecular complexity index is 865. The molecule has 0 atom stereocenters. The Morgan fingerprint density at radius 3 is 2.29 bits per heavy atom. The van der Waals surface area contributed by atoms with Crippen LogP contribution in [0.3, 0.4) is 0 Å². The van der Waals surface area contributed by atoms with Crippen LogP contribution in [-0.2, 0) is 23.0 Å². The third-order valence-corrected chi connectivity index (χ3v) is 3.87. The first-order chi connectivity index (χ1) is 9.77. The van der Waals surface area contributed by atoms with Gasteiger partial charge >= 0.3 is 5.69 Å². The summed E-state index contributed by atoms with van der Waals surface area (Å²) in [4.78, 5) is 24.8. The summed E-state index contributed by atoms with van der Waals surface area (Å²) in [6.45, 7) is 0.260. The Balaban J connectivity index is 2.18. The molecule has 0 amide bonds. The molecule has 0 aliphatic rings. The maximum atomic E-state index is 11.6. The van der Waals surface area contributed by atoms with Gasteiger partial charge in [0.05, 0.1) is 4.90 Å². The van der Waals surface area contributed by atoms with E-state index >= 15 is 0 Å². The topological polar surface area (TPSA) is 141 Å². The van der Waals surface area contributed by atoms with Crippen molar-refractivity contribution >= 4 is 15.8 Å². The Kier molecular flexibility index (Phi) is 3.96. The number of anilines is 1. The summed E-state index contributed by atoms with van der Waals surface area (Å²) in [5, 5.41) is 5.00. The second kappa shape index (κ2) is 5.54. The maximum Gasteiger partial charge on any atom is 0.329 e. The van der Waals surface area contributed by atoms with Gasteiger partial charge in [-0.25, -0.2) is 18.4 Å². The highest BCUT2D eigenvalue weighted by atomic mass is 32.2. The van der Waals surface area contributed by atoms with Gasteiger partial charge in [0.2, 0.25) is 10.0 Å². The van der Waals surface area contributed by atoms with Crippen LogP contribution in [0.25, 0.3) is 0 Å². The number of aromatic nitrogens is 2. The second-order valence-corrected chi connectivity index (χ2v) is 6.02. The number of aryl methyl sites for hydroxylation is 1. The van der Waals surface area contributed by atoms with Gasteiger partial charge in [0, 0.05) is 12.6 Å². The zero-order valence-corrected chi connectivity index (χ0v) is 11.8. The van der Waals surface area contributed by atoms with E-state index in [-0.39, 0.29) is 17.3 Å². The number of hydrogen-bond donors (Lipinski definition) is 3. The summed E-state index contributed by atoms with van der Waals surface area (Å²) in [6, 6.07) is 7.12. The van der Waals surface area contributed by atoms with Crippen molar-refractivity contribution in [2.45, 2.75) is 17.9 Å². The van der Waals surface area contributed by atoms with Gasteiger partial charge in [-0.05, 0) is 24.1 Å². The fourth-order valence-corrected chi connectivity index (χ4v) is 2.37. The number of nitrogens with one attached hydrogen (secondary N) is 1. The van der Waals surface area contributed by atoms with Crippen molar-refractivity contribution in [1.29, 1.82) is 0 Å². The van der Waals surface area contributed by atoms with Crippen LogP contribution in [-0.4, -0.2) is 18.0 Å². The average molecular weight is 310 g/mol. The van der Waals surface area contributed by atoms with E-state index in [4.69, 9.17) is 10.9 Å². The molecule has 0 aliphatic heterocycles. The van der Waals surface area contributed by atoms with Crippen molar-refractivity contribution in [3.63, 3.8) is 0 Å². The van der Waals surface area contributed by atoms with Crippen molar-refractivity contribution in [3.8, 4) is 0 Å². The highest BCUT2D eigenvalue weighted by molar-refractivity contribution is 7.89. The zero-order valence-electron chi connectivity index (χ0n) is 10.9. The molecule has 1 heterocycles. The van der Waals surface area contributed by atoms with Crippen molar-refractivity contribution in [3.05, 3.63) is 56.7 Å². The monoisotopic (exact) mass is 310 g/mol. The van der Waals surface area contributed by atoms with Crippen molar-refractivity contribution < 1.29 is 8.42 Å². The summed E-state index contributed by atoms with van der Waals surface area (Å²) in [6.07, 6.45) is 0.445. The fraction of sp³-hybridized carbons (Fsp3) is 0.167. The van der Waals surface area contributed by atoms with Gasteiger partial charge in [0.25, 0.3) is 5.56 Å². The molecule has 0 radical (unpaired) electrons. The average Bonchev–Trinajstić information content (AvgIpc) is 2.37. The van der Waals surface area contributed by atoms with E-state index in [1.807, 2.05) is 0 Å². The number of sulfonamides is 1. The Hall–Kier alpha value is -2.39. The van der Waals surface area contributed by atoms with Crippen molar-refractivity contribution in [2.75, 3.05) is 5.73 Å². The summed E-state index contributed by atoms with van der Waals surface area (Å²) < 4.78 is 23.5. The van der Waals surface area contributed by atoms with Crippen LogP contribution < -0.4 is 22.1 Å². The number of nitrogens with zero attached hydrogens (tertiary/aromatic N) is 1. The van der Waals surface area contributed by atoms with E-state index in [0.29, 0.717) is 6.42 Å². The minimum absolute atomic E-state index is 0.0203. The molecule has 21 heavy (non-hydrogen) atoms. The SMILES string of the molecule is Nc1cc(=O)[nH]c(=O)n1CCc1ccc(S(N)(=O)=O)cc1. The Morgan fingerprint density at radius 1 is 1.14 bits per heavy atom. The van der Waals surface area contributed by atoms with Crippen LogP contribution in [0.15, 0.2) is 44.8 Å². The number of hydrogen-bond acceptors (Lipinski definition) is 5. The standard InChI is InChI=1S/C12H14N4O4S/c13-10-7-11(17)15-12(18)16(10)6-5-8-1-3-9(4-2-8)21(14,19)20/h1-4,7H,5-6,13H2,(H2,14,19,20)(H,15,17,18). The summed E-state index contributed by atoms with van der Waals surface area (Å²) >= 11 is 0. The molecule has 0 saturated carbocycles. The van der Waals surface area contributed by atoms with E-state index in [1.165, 1.54) is 16.7 Å². The van der Waals surface area contributed by atoms with Crippen LogP contribution >= 0.6 is 0 Å². The molecule has 112 valence electrons. The molecule has 0 aliphatic carbocycles. The first-order valence-electron chi connectivity index (χ1n) is 5.99. The predicted octanol–water partition coefficient (Wildman–Crippen LogP) is -0.991. The minimum Gasteiger partial charge on any atom is -0.385 e. The highest BCUT2D eigenvalue weighted by Crippen LogP contribution is 2.10. The molecule has 9 heteroatoms. The van der Waals surface area contributed by atoms with Crippen LogP contribution in [0.4, 0.5) is 5.82 Å². The second-order valence-electron chi connectivity index (χ2n) is 4.45. The predicted molar refractivity (Wildman–Crippen MR) is 77.3 cm³/mol. The summed E-state index contributed by atoms with van der Waals surface area (Å²) in [7, 11) is -3.72. The molecule has 8 nitrogen and oxygen atoms in total. The molecule has 1 aromatic heterocycles. The number of nitrogen functional groups attached to an aromatic ring is 1. The molecule has 0 spiro atoms. The third kappa shape index (κ3) is 3.58. The summed E-state index contributed by atoms with van der Waals surface area (Å²) in [5.41, 5.74) is 5.29. The third-order valence-electron chi connectivity index (χ3n) is 2.94. The number of H-pyrrole nitrogens is 1. The lowest BCUT2D eigenvalue weighted by molar-refractivity contribution is 0.597. The number of nitrogens with two attached hydrogens (primary N) is 2. The number of primary sulfonamides is 1. The molecule has 0 saturated heterocycles. The van der Waals surface area contributed by atoms with E-state index in [9.17, 15) is 18.0 Å². The molecule has 5 N–H and O–H groups in total. The van der Waals surface area contributed by atoms with Crippen LogP contribution in [0.2, 0.25) is 0 Å². The van der Waals surface area contributed by atoms with Crippen molar-refractivity contribution in [2.24, 2.45) is 5.14 Å². The minimum atomic E-state index is -3.72. The molecule has 0 bridgehead atoms. The van der Waals surface area contributed by atoms with Crippen LogP contribution in [0.5, 0.6) is 0 Å². The molecule has 0 unspecified atom stereocenters. The largest absolute Gasteiger partial charge is 0.385 e. The van der Waals surface area contributed by atoms with E-state index < -0.39 is 21.3 Å². The molecule has 0 fully saturated rings. The lowest BCUT2D eigenvalue weighted by atomic mass is 10.1. The number of rotatable bonds is 4. The first kappa shape index (κ1) is 15.0. The van der Waals surface area contributed by atoms with E-state index in [1.54, 1.807) is 12.1 Å².